The maximum Gasteiger partial charge on any atom is 0.219 e. The molecule has 48 valence electrons. The summed E-state index contributed by atoms with van der Waals surface area (Å²) in [5.41, 5.74) is 0. The molecule has 1 unspecified atom stereocenters. The Labute approximate surface area is 49.7 Å². The van der Waals surface area contributed by atoms with Gasteiger partial charge in [-0.15, -0.1) is 0 Å². The van der Waals surface area contributed by atoms with Crippen molar-refractivity contribution in [3.63, 3.8) is 0 Å². The lowest BCUT2D eigenvalue weighted by Gasteiger charge is -1.92. The average molecular weight is 134 g/mol. The Hall–Kier alpha value is -0.0700. The number of hydrogen-bond donors (Lipinski definition) is 1. The zero-order valence-electron chi connectivity index (χ0n) is 5.16. The third-order valence-corrected chi connectivity index (χ3v) is 1.38. The molecular formula is C5H11O2P. The van der Waals surface area contributed by atoms with Crippen LogP contribution >= 0.6 is 7.37 Å². The van der Waals surface area contributed by atoms with E-state index in [9.17, 15) is 4.57 Å². The first kappa shape index (κ1) is 7.93. The Morgan fingerprint density at radius 2 is 2.25 bits per heavy atom. The highest BCUT2D eigenvalue weighted by atomic mass is 31.2. The second-order valence-corrected chi connectivity index (χ2v) is 3.92. The van der Waals surface area contributed by atoms with Crippen molar-refractivity contribution in [3.05, 3.63) is 11.9 Å². The molecule has 0 aromatic carbocycles. The highest BCUT2D eigenvalue weighted by Gasteiger charge is 1.99. The van der Waals surface area contributed by atoms with Gasteiger partial charge in [-0.05, 0) is 12.2 Å². The number of allylic oxidation sites excluding steroid dienone is 1. The van der Waals surface area contributed by atoms with E-state index in [1.165, 1.54) is 12.5 Å². The van der Waals surface area contributed by atoms with Gasteiger partial charge in [0.25, 0.3) is 0 Å². The first-order valence-corrected chi connectivity index (χ1v) is 4.71. The minimum absolute atomic E-state index is 0.818. The highest BCUT2D eigenvalue weighted by Crippen LogP contribution is 2.36. The molecule has 0 rings (SSSR count). The van der Waals surface area contributed by atoms with E-state index in [-0.39, 0.29) is 0 Å². The van der Waals surface area contributed by atoms with Gasteiger partial charge >= 0.3 is 0 Å². The van der Waals surface area contributed by atoms with E-state index < -0.39 is 7.37 Å². The molecule has 0 heterocycles. The maximum atomic E-state index is 10.4. The third-order valence-electron chi connectivity index (χ3n) is 0.618. The van der Waals surface area contributed by atoms with Gasteiger partial charge < -0.3 is 4.89 Å². The zero-order valence-corrected chi connectivity index (χ0v) is 6.06. The van der Waals surface area contributed by atoms with Crippen molar-refractivity contribution >= 4 is 7.37 Å². The smallest absolute Gasteiger partial charge is 0.219 e. The van der Waals surface area contributed by atoms with Gasteiger partial charge in [0.05, 0.1) is 0 Å². The molecule has 1 atom stereocenters. The maximum absolute atomic E-state index is 10.4. The summed E-state index contributed by atoms with van der Waals surface area (Å²) in [5, 5.41) is 0. The van der Waals surface area contributed by atoms with E-state index in [0.29, 0.717) is 0 Å². The molecule has 0 saturated carbocycles. The summed E-state index contributed by atoms with van der Waals surface area (Å²) < 4.78 is 10.4. The second kappa shape index (κ2) is 3.06. The highest BCUT2D eigenvalue weighted by molar-refractivity contribution is 7.60. The van der Waals surface area contributed by atoms with E-state index in [1.54, 1.807) is 6.08 Å². The van der Waals surface area contributed by atoms with E-state index >= 15 is 0 Å². The minimum atomic E-state index is -2.86. The van der Waals surface area contributed by atoms with Crippen molar-refractivity contribution in [1.82, 2.24) is 0 Å². The quantitative estimate of drug-likeness (QED) is 0.585. The Morgan fingerprint density at radius 1 is 1.75 bits per heavy atom. The first-order chi connectivity index (χ1) is 3.56. The summed E-state index contributed by atoms with van der Waals surface area (Å²) in [6, 6.07) is 0. The van der Waals surface area contributed by atoms with Crippen LogP contribution in [0.2, 0.25) is 0 Å². The molecule has 0 aliphatic carbocycles. The monoisotopic (exact) mass is 134 g/mol. The summed E-state index contributed by atoms with van der Waals surface area (Å²) in [7, 11) is -2.86. The molecule has 0 fully saturated rings. The molecule has 0 aromatic heterocycles. The lowest BCUT2D eigenvalue weighted by Crippen LogP contribution is -1.65. The van der Waals surface area contributed by atoms with Gasteiger partial charge in [0.15, 0.2) is 0 Å². The topological polar surface area (TPSA) is 37.3 Å². The van der Waals surface area contributed by atoms with Crippen molar-refractivity contribution in [2.45, 2.75) is 13.3 Å². The van der Waals surface area contributed by atoms with Crippen LogP contribution in [0.1, 0.15) is 13.3 Å². The number of hydrogen-bond acceptors (Lipinski definition) is 1. The Morgan fingerprint density at radius 3 is 2.38 bits per heavy atom. The van der Waals surface area contributed by atoms with E-state index in [2.05, 4.69) is 0 Å². The van der Waals surface area contributed by atoms with Gasteiger partial charge in [0, 0.05) is 6.66 Å². The molecule has 0 radical (unpaired) electrons. The first-order valence-electron chi connectivity index (χ1n) is 2.54. The lowest BCUT2D eigenvalue weighted by atomic mass is 10.5. The summed E-state index contributed by atoms with van der Waals surface area (Å²) in [6.45, 7) is 3.24. The minimum Gasteiger partial charge on any atom is -0.342 e. The molecule has 0 saturated heterocycles. The SMILES string of the molecule is CCC=CP(C)(=O)O. The Balaban J connectivity index is 3.71. The van der Waals surface area contributed by atoms with Crippen LogP contribution in [0.3, 0.4) is 0 Å². The van der Waals surface area contributed by atoms with E-state index in [0.717, 1.165) is 6.42 Å². The van der Waals surface area contributed by atoms with Gasteiger partial charge in [-0.2, -0.15) is 0 Å². The summed E-state index contributed by atoms with van der Waals surface area (Å²) >= 11 is 0. The number of rotatable bonds is 2. The largest absolute Gasteiger partial charge is 0.342 e. The molecule has 0 aromatic rings. The predicted molar refractivity (Wildman–Crippen MR) is 35.2 cm³/mol. The molecule has 0 spiro atoms. The van der Waals surface area contributed by atoms with Crippen LogP contribution in [-0.4, -0.2) is 11.6 Å². The van der Waals surface area contributed by atoms with Gasteiger partial charge in [0.1, 0.15) is 0 Å². The molecule has 1 N–H and O–H groups in total. The molecule has 8 heavy (non-hydrogen) atoms. The normalized spacial score (nSPS) is 18.9. The molecule has 0 aliphatic heterocycles. The van der Waals surface area contributed by atoms with Crippen molar-refractivity contribution in [2.24, 2.45) is 0 Å². The summed E-state index contributed by atoms with van der Waals surface area (Å²) in [4.78, 5) is 8.62. The average Bonchev–Trinajstić information content (AvgIpc) is 1.59. The van der Waals surface area contributed by atoms with Crippen LogP contribution in [-0.2, 0) is 4.57 Å². The molecule has 0 amide bonds. The van der Waals surface area contributed by atoms with Gasteiger partial charge in [-0.3, -0.25) is 4.57 Å². The van der Waals surface area contributed by atoms with Gasteiger partial charge in [-0.25, -0.2) is 0 Å². The van der Waals surface area contributed by atoms with Gasteiger partial charge in [-0.1, -0.05) is 13.0 Å². The lowest BCUT2D eigenvalue weighted by molar-refractivity contribution is 0.495. The molecule has 0 bridgehead atoms. The molecule has 2 nitrogen and oxygen atoms in total. The van der Waals surface area contributed by atoms with Crippen LogP contribution in [0.4, 0.5) is 0 Å². The van der Waals surface area contributed by atoms with Crippen LogP contribution in [0.25, 0.3) is 0 Å². The van der Waals surface area contributed by atoms with Crippen LogP contribution in [0.15, 0.2) is 11.9 Å². The van der Waals surface area contributed by atoms with Crippen molar-refractivity contribution in [1.29, 1.82) is 0 Å². The fourth-order valence-electron chi connectivity index (χ4n) is 0.301. The van der Waals surface area contributed by atoms with Crippen molar-refractivity contribution in [2.75, 3.05) is 6.66 Å². The molecule has 0 aliphatic rings. The fraction of sp³-hybridized carbons (Fsp3) is 0.600. The van der Waals surface area contributed by atoms with Crippen LogP contribution in [0, 0.1) is 0 Å². The standard InChI is InChI=1S/C5H11O2P/c1-3-4-5-8(2,6)7/h4-5H,3H2,1-2H3,(H,6,7). The molecule has 3 heteroatoms. The van der Waals surface area contributed by atoms with Crippen molar-refractivity contribution < 1.29 is 9.46 Å². The van der Waals surface area contributed by atoms with Crippen LogP contribution in [0.5, 0.6) is 0 Å². The predicted octanol–water partition coefficient (Wildman–Crippen LogP) is 1.81. The summed E-state index contributed by atoms with van der Waals surface area (Å²) in [6.07, 6.45) is 2.51. The summed E-state index contributed by atoms with van der Waals surface area (Å²) in [5.74, 6) is 1.35. The molecular weight excluding hydrogens is 123 g/mol. The van der Waals surface area contributed by atoms with E-state index in [1.807, 2.05) is 6.92 Å². The zero-order chi connectivity index (χ0) is 6.62. The van der Waals surface area contributed by atoms with Crippen LogP contribution < -0.4 is 0 Å². The van der Waals surface area contributed by atoms with Gasteiger partial charge in [0.2, 0.25) is 7.37 Å². The third kappa shape index (κ3) is 5.93. The van der Waals surface area contributed by atoms with E-state index in [4.69, 9.17) is 4.89 Å². The second-order valence-electron chi connectivity index (χ2n) is 1.74. The Kier molecular flexibility index (Phi) is 3.03. The van der Waals surface area contributed by atoms with Crippen molar-refractivity contribution in [3.8, 4) is 0 Å². The fourth-order valence-corrected chi connectivity index (χ4v) is 0.903. The Bertz CT molecular complexity index is 122.